The zero-order valence-corrected chi connectivity index (χ0v) is 12.7. The molecule has 0 saturated carbocycles. The summed E-state index contributed by atoms with van der Waals surface area (Å²) in [5, 5.41) is 3.20. The molecule has 2 aromatic heterocycles. The second kappa shape index (κ2) is 4.78. The van der Waals surface area contributed by atoms with Gasteiger partial charge in [0.1, 0.15) is 5.52 Å². The van der Waals surface area contributed by atoms with Gasteiger partial charge in [0, 0.05) is 8.95 Å². The van der Waals surface area contributed by atoms with Crippen molar-refractivity contribution in [1.82, 2.24) is 19.9 Å². The summed E-state index contributed by atoms with van der Waals surface area (Å²) in [5.41, 5.74) is 7.77. The molecule has 4 N–H and O–H groups in total. The molecular weight excluding hydrogens is 376 g/mol. The molecule has 0 unspecified atom stereocenters. The van der Waals surface area contributed by atoms with Gasteiger partial charge in [-0.25, -0.2) is 4.98 Å². The Balaban J connectivity index is 2.10. The van der Waals surface area contributed by atoms with E-state index in [1.165, 1.54) is 0 Å². The number of nitrogen functional groups attached to an aromatic ring is 1. The first-order valence-electron chi connectivity index (χ1n) is 5.32. The summed E-state index contributed by atoms with van der Waals surface area (Å²) in [6.45, 7) is 0. The van der Waals surface area contributed by atoms with Gasteiger partial charge in [0.2, 0.25) is 5.95 Å². The second-order valence-corrected chi connectivity index (χ2v) is 5.55. The first-order chi connectivity index (χ1) is 9.13. The van der Waals surface area contributed by atoms with Gasteiger partial charge in [-0.2, -0.15) is 9.97 Å². The first kappa shape index (κ1) is 12.4. The highest BCUT2D eigenvalue weighted by Gasteiger charge is 2.10. The van der Waals surface area contributed by atoms with Gasteiger partial charge in [0.05, 0.1) is 12.0 Å². The van der Waals surface area contributed by atoms with Crippen LogP contribution in [0.4, 0.5) is 17.5 Å². The van der Waals surface area contributed by atoms with Crippen LogP contribution in [0.25, 0.3) is 11.2 Å². The van der Waals surface area contributed by atoms with Crippen LogP contribution in [0.3, 0.4) is 0 Å². The molecule has 0 fully saturated rings. The number of nitrogens with one attached hydrogen (secondary N) is 2. The molecule has 0 atom stereocenters. The number of fused-ring (bicyclic) bond motifs is 1. The van der Waals surface area contributed by atoms with Crippen LogP contribution < -0.4 is 11.1 Å². The molecule has 96 valence electrons. The fourth-order valence-electron chi connectivity index (χ4n) is 1.66. The van der Waals surface area contributed by atoms with Gasteiger partial charge < -0.3 is 16.0 Å². The van der Waals surface area contributed by atoms with Crippen LogP contribution >= 0.6 is 31.9 Å². The summed E-state index contributed by atoms with van der Waals surface area (Å²) in [4.78, 5) is 15.3. The van der Waals surface area contributed by atoms with Crippen LogP contribution in [0.5, 0.6) is 0 Å². The van der Waals surface area contributed by atoms with Crippen molar-refractivity contribution >= 4 is 60.5 Å². The Labute approximate surface area is 125 Å². The lowest BCUT2D eigenvalue weighted by atomic mass is 10.3. The predicted molar refractivity (Wildman–Crippen MR) is 81.2 cm³/mol. The molecular formula is C11H8Br2N6. The average Bonchev–Trinajstić information content (AvgIpc) is 2.82. The van der Waals surface area contributed by atoms with E-state index in [-0.39, 0.29) is 5.95 Å². The summed E-state index contributed by atoms with van der Waals surface area (Å²) >= 11 is 6.91. The van der Waals surface area contributed by atoms with Gasteiger partial charge >= 0.3 is 0 Å². The molecule has 0 aliphatic carbocycles. The number of rotatable bonds is 2. The number of benzene rings is 1. The van der Waals surface area contributed by atoms with Gasteiger partial charge in [-0.3, -0.25) is 0 Å². The smallest absolute Gasteiger partial charge is 0.224 e. The van der Waals surface area contributed by atoms with Crippen LogP contribution in [0.2, 0.25) is 0 Å². The van der Waals surface area contributed by atoms with Gasteiger partial charge in [0.15, 0.2) is 11.5 Å². The van der Waals surface area contributed by atoms with Crippen molar-refractivity contribution < 1.29 is 0 Å². The summed E-state index contributed by atoms with van der Waals surface area (Å²) in [6.07, 6.45) is 1.56. The number of halogens is 2. The number of nitrogens with zero attached hydrogens (tertiary/aromatic N) is 3. The van der Waals surface area contributed by atoms with Crippen molar-refractivity contribution in [3.63, 3.8) is 0 Å². The fraction of sp³-hybridized carbons (Fsp3) is 0. The minimum absolute atomic E-state index is 0.174. The lowest BCUT2D eigenvalue weighted by Crippen LogP contribution is -2.01. The third-order valence-corrected chi connectivity index (χ3v) is 3.67. The maximum Gasteiger partial charge on any atom is 0.224 e. The molecule has 0 spiro atoms. The van der Waals surface area contributed by atoms with Crippen LogP contribution in [-0.2, 0) is 0 Å². The topological polar surface area (TPSA) is 92.5 Å². The van der Waals surface area contributed by atoms with E-state index >= 15 is 0 Å². The molecule has 6 nitrogen and oxygen atoms in total. The normalized spacial score (nSPS) is 10.8. The van der Waals surface area contributed by atoms with Crippen molar-refractivity contribution in [2.75, 3.05) is 11.1 Å². The molecule has 0 radical (unpaired) electrons. The highest BCUT2D eigenvalue weighted by Crippen LogP contribution is 2.30. The molecule has 3 rings (SSSR count). The van der Waals surface area contributed by atoms with Crippen LogP contribution in [-0.4, -0.2) is 19.9 Å². The number of aromatic nitrogens is 4. The molecule has 2 heterocycles. The lowest BCUT2D eigenvalue weighted by Gasteiger charge is -2.09. The molecule has 1 aromatic carbocycles. The van der Waals surface area contributed by atoms with E-state index in [1.807, 2.05) is 18.2 Å². The summed E-state index contributed by atoms with van der Waals surface area (Å²) in [7, 11) is 0. The third-order valence-electron chi connectivity index (χ3n) is 2.48. The Morgan fingerprint density at radius 1 is 1.21 bits per heavy atom. The number of hydrogen-bond acceptors (Lipinski definition) is 5. The molecule has 8 heteroatoms. The molecule has 0 saturated heterocycles. The molecule has 0 aliphatic heterocycles. The van der Waals surface area contributed by atoms with Crippen molar-refractivity contribution in [3.8, 4) is 0 Å². The second-order valence-electron chi connectivity index (χ2n) is 3.78. The zero-order valence-electron chi connectivity index (χ0n) is 9.48. The van der Waals surface area contributed by atoms with E-state index in [2.05, 4.69) is 57.1 Å². The van der Waals surface area contributed by atoms with E-state index in [9.17, 15) is 0 Å². The van der Waals surface area contributed by atoms with E-state index in [0.717, 1.165) is 14.6 Å². The van der Waals surface area contributed by atoms with Crippen LogP contribution in [0, 0.1) is 0 Å². The predicted octanol–water partition coefficient (Wildman–Crippen LogP) is 3.20. The minimum atomic E-state index is 0.174. The van der Waals surface area contributed by atoms with Crippen LogP contribution in [0.1, 0.15) is 0 Å². The number of imidazole rings is 1. The van der Waals surface area contributed by atoms with Crippen LogP contribution in [0.15, 0.2) is 33.5 Å². The SMILES string of the molecule is Nc1nc(Nc2cc(Br)ccc2Br)c2[nH]cnc2n1. The fourth-order valence-corrected chi connectivity index (χ4v) is 2.37. The van der Waals surface area contributed by atoms with Gasteiger partial charge in [-0.05, 0) is 34.1 Å². The van der Waals surface area contributed by atoms with Gasteiger partial charge in [0.25, 0.3) is 0 Å². The molecule has 0 amide bonds. The van der Waals surface area contributed by atoms with Crippen molar-refractivity contribution in [2.24, 2.45) is 0 Å². The summed E-state index contributed by atoms with van der Waals surface area (Å²) < 4.78 is 1.88. The summed E-state index contributed by atoms with van der Waals surface area (Å²) in [6, 6.07) is 5.81. The maximum absolute atomic E-state index is 5.67. The molecule has 19 heavy (non-hydrogen) atoms. The van der Waals surface area contributed by atoms with E-state index in [1.54, 1.807) is 6.33 Å². The molecule has 0 bridgehead atoms. The number of nitrogens with two attached hydrogens (primary N) is 1. The number of hydrogen-bond donors (Lipinski definition) is 3. The Bertz CT molecular complexity index is 754. The van der Waals surface area contributed by atoms with Crippen molar-refractivity contribution in [3.05, 3.63) is 33.5 Å². The van der Waals surface area contributed by atoms with E-state index < -0.39 is 0 Å². The maximum atomic E-state index is 5.67. The Morgan fingerprint density at radius 3 is 2.89 bits per heavy atom. The standard InChI is InChI=1S/C11H8Br2N6/c12-5-1-2-6(13)7(3-5)17-10-8-9(16-4-15-8)18-11(14)19-10/h1-4H,(H4,14,15,16,17,18,19). The highest BCUT2D eigenvalue weighted by molar-refractivity contribution is 9.11. The number of anilines is 3. The zero-order chi connectivity index (χ0) is 13.4. The Kier molecular flexibility index (Phi) is 3.11. The number of aromatic amines is 1. The van der Waals surface area contributed by atoms with Crippen molar-refractivity contribution in [1.29, 1.82) is 0 Å². The monoisotopic (exact) mass is 382 g/mol. The largest absolute Gasteiger partial charge is 0.368 e. The van der Waals surface area contributed by atoms with Gasteiger partial charge in [-0.1, -0.05) is 15.9 Å². The first-order valence-corrected chi connectivity index (χ1v) is 6.91. The van der Waals surface area contributed by atoms with Gasteiger partial charge in [-0.15, -0.1) is 0 Å². The lowest BCUT2D eigenvalue weighted by molar-refractivity contribution is 1.21. The Hall–Kier alpha value is -1.67. The minimum Gasteiger partial charge on any atom is -0.368 e. The Morgan fingerprint density at radius 2 is 2.05 bits per heavy atom. The molecule has 3 aromatic rings. The third kappa shape index (κ3) is 2.41. The molecule has 0 aliphatic rings. The van der Waals surface area contributed by atoms with E-state index in [0.29, 0.717) is 17.0 Å². The highest BCUT2D eigenvalue weighted by atomic mass is 79.9. The number of H-pyrrole nitrogens is 1. The van der Waals surface area contributed by atoms with Crippen molar-refractivity contribution in [2.45, 2.75) is 0 Å². The average molecular weight is 384 g/mol. The quantitative estimate of drug-likeness (QED) is 0.631. The van der Waals surface area contributed by atoms with E-state index in [4.69, 9.17) is 5.73 Å². The summed E-state index contributed by atoms with van der Waals surface area (Å²) in [5.74, 6) is 0.756.